The lowest BCUT2D eigenvalue weighted by Gasteiger charge is -2.23. The first kappa shape index (κ1) is 13.8. The summed E-state index contributed by atoms with van der Waals surface area (Å²) in [7, 11) is 1.18. The highest BCUT2D eigenvalue weighted by atomic mass is 16.5. The third-order valence-corrected chi connectivity index (χ3v) is 4.49. The van der Waals surface area contributed by atoms with E-state index < -0.39 is 11.9 Å². The van der Waals surface area contributed by atoms with Gasteiger partial charge in [-0.15, -0.1) is 0 Å². The van der Waals surface area contributed by atoms with Gasteiger partial charge in [-0.2, -0.15) is 0 Å². The zero-order valence-corrected chi connectivity index (χ0v) is 11.1. The van der Waals surface area contributed by atoms with E-state index >= 15 is 0 Å². The third kappa shape index (κ3) is 3.25. The van der Waals surface area contributed by atoms with E-state index in [1.807, 2.05) is 0 Å². The van der Waals surface area contributed by atoms with Gasteiger partial charge in [0.25, 0.3) is 0 Å². The van der Waals surface area contributed by atoms with Crippen LogP contribution in [0.5, 0.6) is 0 Å². The van der Waals surface area contributed by atoms with E-state index in [-0.39, 0.29) is 0 Å². The zero-order chi connectivity index (χ0) is 13.8. The van der Waals surface area contributed by atoms with Gasteiger partial charge in [0.2, 0.25) is 0 Å². The molecule has 4 atom stereocenters. The molecule has 104 valence electrons. The SMILES string of the molecule is C1=CC2C3CCC(C3)C2C1.COC(=O)C=CC(=O)O. The van der Waals surface area contributed by atoms with E-state index in [9.17, 15) is 9.59 Å². The van der Waals surface area contributed by atoms with Crippen LogP contribution in [0, 0.1) is 23.7 Å². The Morgan fingerprint density at radius 1 is 1.26 bits per heavy atom. The third-order valence-electron chi connectivity index (χ3n) is 4.49. The molecule has 0 aromatic rings. The summed E-state index contributed by atoms with van der Waals surface area (Å²) in [5.41, 5.74) is 0. The van der Waals surface area contributed by atoms with Crippen molar-refractivity contribution in [3.63, 3.8) is 0 Å². The molecule has 0 aliphatic heterocycles. The van der Waals surface area contributed by atoms with Crippen molar-refractivity contribution >= 4 is 11.9 Å². The Balaban J connectivity index is 0.000000142. The molecule has 0 saturated heterocycles. The summed E-state index contributed by atoms with van der Waals surface area (Å²) in [4.78, 5) is 19.9. The molecule has 2 saturated carbocycles. The monoisotopic (exact) mass is 264 g/mol. The van der Waals surface area contributed by atoms with Crippen LogP contribution in [0.3, 0.4) is 0 Å². The number of hydrogen-bond acceptors (Lipinski definition) is 3. The number of aliphatic carboxylic acids is 1. The Bertz CT molecular complexity index is 410. The molecule has 0 radical (unpaired) electrons. The van der Waals surface area contributed by atoms with Crippen molar-refractivity contribution in [2.24, 2.45) is 23.7 Å². The number of ether oxygens (including phenoxy) is 1. The summed E-state index contributed by atoms with van der Waals surface area (Å²) >= 11 is 0. The smallest absolute Gasteiger partial charge is 0.330 e. The van der Waals surface area contributed by atoms with Crippen molar-refractivity contribution in [1.82, 2.24) is 0 Å². The second-order valence-electron chi connectivity index (χ2n) is 5.43. The van der Waals surface area contributed by atoms with E-state index in [4.69, 9.17) is 5.11 Å². The maximum Gasteiger partial charge on any atom is 0.330 e. The molecule has 2 bridgehead atoms. The molecule has 3 rings (SSSR count). The van der Waals surface area contributed by atoms with Gasteiger partial charge in [0.15, 0.2) is 0 Å². The van der Waals surface area contributed by atoms with Crippen molar-refractivity contribution in [3.05, 3.63) is 24.3 Å². The number of esters is 1. The predicted molar refractivity (Wildman–Crippen MR) is 70.4 cm³/mol. The van der Waals surface area contributed by atoms with E-state index in [0.29, 0.717) is 6.08 Å². The van der Waals surface area contributed by atoms with Gasteiger partial charge in [-0.05, 0) is 49.4 Å². The predicted octanol–water partition coefficient (Wildman–Crippen LogP) is 2.41. The Kier molecular flexibility index (Phi) is 4.40. The van der Waals surface area contributed by atoms with Gasteiger partial charge in [-0.3, -0.25) is 0 Å². The lowest BCUT2D eigenvalue weighted by atomic mass is 9.82. The minimum atomic E-state index is -1.17. The van der Waals surface area contributed by atoms with Crippen LogP contribution in [0.4, 0.5) is 0 Å². The van der Waals surface area contributed by atoms with Crippen molar-refractivity contribution in [3.8, 4) is 0 Å². The Morgan fingerprint density at radius 2 is 2.00 bits per heavy atom. The van der Waals surface area contributed by atoms with Crippen LogP contribution in [0.25, 0.3) is 0 Å². The molecule has 4 nitrogen and oxygen atoms in total. The van der Waals surface area contributed by atoms with Crippen LogP contribution in [0.2, 0.25) is 0 Å². The van der Waals surface area contributed by atoms with Gasteiger partial charge in [-0.25, -0.2) is 9.59 Å². The minimum absolute atomic E-state index is 0.669. The molecule has 2 fully saturated rings. The maximum absolute atomic E-state index is 10.1. The molecule has 3 aliphatic rings. The van der Waals surface area contributed by atoms with Crippen molar-refractivity contribution in [2.45, 2.75) is 25.7 Å². The number of carboxylic acid groups (broad SMARTS) is 1. The second kappa shape index (κ2) is 6.04. The number of carboxylic acids is 1. The highest BCUT2D eigenvalue weighted by Gasteiger charge is 2.47. The summed E-state index contributed by atoms with van der Waals surface area (Å²) in [6.45, 7) is 0. The van der Waals surface area contributed by atoms with Crippen molar-refractivity contribution in [2.75, 3.05) is 7.11 Å². The fraction of sp³-hybridized carbons (Fsp3) is 0.600. The summed E-state index contributed by atoms with van der Waals surface area (Å²) in [5, 5.41) is 7.96. The fourth-order valence-corrected chi connectivity index (χ4v) is 3.70. The zero-order valence-electron chi connectivity index (χ0n) is 11.1. The number of hydrogen-bond donors (Lipinski definition) is 1. The molecular formula is C15H20O4. The Morgan fingerprint density at radius 3 is 2.63 bits per heavy atom. The van der Waals surface area contributed by atoms with Crippen LogP contribution < -0.4 is 0 Å². The molecule has 3 aliphatic carbocycles. The standard InChI is InChI=1S/C10H14.C5H6O4/c1-2-9-7-4-5-8(6-7)10(9)3-1;1-9-5(8)3-2-4(6)7/h1-2,7-10H,3-6H2;2-3H,1H3,(H,6,7). The molecule has 1 N–H and O–H groups in total. The summed E-state index contributed by atoms with van der Waals surface area (Å²) in [6.07, 6.45) is 12.5. The lowest BCUT2D eigenvalue weighted by Crippen LogP contribution is -2.16. The average molecular weight is 264 g/mol. The first-order chi connectivity index (χ1) is 9.11. The van der Waals surface area contributed by atoms with Crippen LogP contribution in [-0.2, 0) is 14.3 Å². The highest BCUT2D eigenvalue weighted by molar-refractivity contribution is 5.90. The molecule has 4 heteroatoms. The minimum Gasteiger partial charge on any atom is -0.478 e. The topological polar surface area (TPSA) is 63.6 Å². The van der Waals surface area contributed by atoms with Gasteiger partial charge in [0.05, 0.1) is 7.11 Å². The van der Waals surface area contributed by atoms with Gasteiger partial charge in [0, 0.05) is 12.2 Å². The summed E-state index contributed by atoms with van der Waals surface area (Å²) in [6, 6.07) is 0. The van der Waals surface area contributed by atoms with Crippen LogP contribution >= 0.6 is 0 Å². The van der Waals surface area contributed by atoms with E-state index in [0.717, 1.165) is 29.7 Å². The number of rotatable bonds is 2. The number of methoxy groups -OCH3 is 1. The number of carbonyl (C=O) groups excluding carboxylic acids is 1. The molecule has 4 unspecified atom stereocenters. The molecule has 19 heavy (non-hydrogen) atoms. The molecule has 0 aromatic carbocycles. The van der Waals surface area contributed by atoms with Gasteiger partial charge in [0.1, 0.15) is 0 Å². The molecule has 0 amide bonds. The average Bonchev–Trinajstić information content (AvgIpc) is 3.08. The first-order valence-electron chi connectivity index (χ1n) is 6.77. The number of fused-ring (bicyclic) bond motifs is 5. The Labute approximate surface area is 113 Å². The normalized spacial score (nSPS) is 33.9. The van der Waals surface area contributed by atoms with Crippen LogP contribution in [0.15, 0.2) is 24.3 Å². The fourth-order valence-electron chi connectivity index (χ4n) is 3.70. The number of allylic oxidation sites excluding steroid dienone is 2. The lowest BCUT2D eigenvalue weighted by molar-refractivity contribution is -0.136. The summed E-state index contributed by atoms with van der Waals surface area (Å²) < 4.78 is 4.11. The maximum atomic E-state index is 10.1. The molecule has 0 spiro atoms. The van der Waals surface area contributed by atoms with Crippen molar-refractivity contribution < 1.29 is 19.4 Å². The van der Waals surface area contributed by atoms with Crippen LogP contribution in [-0.4, -0.2) is 24.2 Å². The van der Waals surface area contributed by atoms with E-state index in [1.54, 1.807) is 12.8 Å². The van der Waals surface area contributed by atoms with Crippen LogP contribution in [0.1, 0.15) is 25.7 Å². The highest BCUT2D eigenvalue weighted by Crippen LogP contribution is 2.56. The van der Waals surface area contributed by atoms with Gasteiger partial charge >= 0.3 is 11.9 Å². The Hall–Kier alpha value is -1.58. The number of carbonyl (C=O) groups is 2. The molecule has 0 heterocycles. The largest absolute Gasteiger partial charge is 0.478 e. The molecule has 0 aromatic heterocycles. The molecular weight excluding hydrogens is 244 g/mol. The second-order valence-corrected chi connectivity index (χ2v) is 5.43. The van der Waals surface area contributed by atoms with Crippen molar-refractivity contribution in [1.29, 1.82) is 0 Å². The quantitative estimate of drug-likeness (QED) is 0.472. The van der Waals surface area contributed by atoms with E-state index in [2.05, 4.69) is 16.9 Å². The summed E-state index contributed by atoms with van der Waals surface area (Å²) in [5.74, 6) is 2.52. The van der Waals surface area contributed by atoms with Gasteiger partial charge < -0.3 is 9.84 Å². The van der Waals surface area contributed by atoms with Gasteiger partial charge in [-0.1, -0.05) is 12.2 Å². The first-order valence-corrected chi connectivity index (χ1v) is 6.77. The van der Waals surface area contributed by atoms with E-state index in [1.165, 1.54) is 20.0 Å².